The second-order valence-electron chi connectivity index (χ2n) is 4.72. The number of nitrogen functional groups attached to an aromatic ring is 1. The van der Waals surface area contributed by atoms with Crippen molar-refractivity contribution in [2.24, 2.45) is 0 Å². The molecule has 2 N–H and O–H groups in total. The molecule has 0 saturated heterocycles. The summed E-state index contributed by atoms with van der Waals surface area (Å²) in [5.74, 6) is 0.0781. The number of likely N-dealkylation sites (N-methyl/N-ethyl adjacent to an activating group) is 1. The van der Waals surface area contributed by atoms with Gasteiger partial charge >= 0.3 is 0 Å². The van der Waals surface area contributed by atoms with E-state index in [1.54, 1.807) is 4.68 Å². The molecule has 0 unspecified atom stereocenters. The highest BCUT2D eigenvalue weighted by atomic mass is 16.2. The number of aryl methyl sites for hydroxylation is 1. The molecule has 0 bridgehead atoms. The van der Waals surface area contributed by atoms with Crippen LogP contribution in [0, 0.1) is 13.8 Å². The number of aromatic nitrogens is 2. The Bertz CT molecular complexity index is 421. The van der Waals surface area contributed by atoms with E-state index in [4.69, 9.17) is 5.73 Å². The Hall–Kier alpha value is -1.52. The predicted molar refractivity (Wildman–Crippen MR) is 73.3 cm³/mol. The second-order valence-corrected chi connectivity index (χ2v) is 4.72. The number of carbonyl (C=O) groups excluding carboxylic acids is 1. The van der Waals surface area contributed by atoms with Gasteiger partial charge in [0.05, 0.1) is 17.1 Å². The minimum atomic E-state index is 0.0781. The van der Waals surface area contributed by atoms with Gasteiger partial charge in [0, 0.05) is 13.1 Å². The van der Waals surface area contributed by atoms with Crippen molar-refractivity contribution in [2.75, 3.05) is 12.8 Å². The van der Waals surface area contributed by atoms with Crippen molar-refractivity contribution in [3.8, 4) is 0 Å². The van der Waals surface area contributed by atoms with E-state index in [9.17, 15) is 4.79 Å². The van der Waals surface area contributed by atoms with Crippen LogP contribution in [0.1, 0.15) is 38.1 Å². The number of carbonyl (C=O) groups is 1. The normalized spacial score (nSPS) is 11.0. The lowest BCUT2D eigenvalue weighted by atomic mass is 10.1. The zero-order valence-corrected chi connectivity index (χ0v) is 12.0. The van der Waals surface area contributed by atoms with Gasteiger partial charge in [0.2, 0.25) is 5.91 Å². The maximum atomic E-state index is 12.2. The molecule has 0 fully saturated rings. The van der Waals surface area contributed by atoms with E-state index in [1.807, 2.05) is 25.8 Å². The minimum Gasteiger partial charge on any atom is -0.396 e. The summed E-state index contributed by atoms with van der Waals surface area (Å²) in [6.07, 6.45) is 1.94. The van der Waals surface area contributed by atoms with Gasteiger partial charge in [-0.25, -0.2) is 0 Å². The summed E-state index contributed by atoms with van der Waals surface area (Å²) in [6.45, 7) is 8.20. The quantitative estimate of drug-likeness (QED) is 0.868. The van der Waals surface area contributed by atoms with Gasteiger partial charge in [0.1, 0.15) is 6.54 Å². The molecule has 0 aliphatic heterocycles. The molecule has 0 aromatic carbocycles. The van der Waals surface area contributed by atoms with Crippen LogP contribution in [0.4, 0.5) is 5.69 Å². The molecule has 0 aliphatic carbocycles. The van der Waals surface area contributed by atoms with Gasteiger partial charge in [-0.15, -0.1) is 0 Å². The Kier molecular flexibility index (Phi) is 4.76. The summed E-state index contributed by atoms with van der Waals surface area (Å²) >= 11 is 0. The zero-order valence-electron chi connectivity index (χ0n) is 12.0. The summed E-state index contributed by atoms with van der Waals surface area (Å²) in [4.78, 5) is 14.0. The van der Waals surface area contributed by atoms with E-state index in [2.05, 4.69) is 18.9 Å². The average Bonchev–Trinajstić information content (AvgIpc) is 2.58. The topological polar surface area (TPSA) is 64.2 Å². The Morgan fingerprint density at radius 2 is 1.94 bits per heavy atom. The number of nitrogens with two attached hydrogens (primary N) is 1. The van der Waals surface area contributed by atoms with Crippen molar-refractivity contribution < 1.29 is 4.79 Å². The summed E-state index contributed by atoms with van der Waals surface area (Å²) in [6, 6.07) is 0.298. The van der Waals surface area contributed by atoms with Crippen molar-refractivity contribution in [3.63, 3.8) is 0 Å². The van der Waals surface area contributed by atoms with Crippen LogP contribution in [0.2, 0.25) is 0 Å². The third-order valence-electron chi connectivity index (χ3n) is 3.61. The van der Waals surface area contributed by atoms with Crippen LogP contribution in [-0.2, 0) is 11.3 Å². The summed E-state index contributed by atoms with van der Waals surface area (Å²) in [7, 11) is 1.86. The molecule has 102 valence electrons. The van der Waals surface area contributed by atoms with Crippen LogP contribution in [0.5, 0.6) is 0 Å². The van der Waals surface area contributed by atoms with E-state index >= 15 is 0 Å². The molecule has 1 amide bonds. The fourth-order valence-corrected chi connectivity index (χ4v) is 2.14. The standard InChI is InChI=1S/C13H24N4O/c1-6-11(7-2)16(5)12(18)8-17-10(4)13(14)9(3)15-17/h11H,6-8,14H2,1-5H3. The number of amides is 1. The highest BCUT2D eigenvalue weighted by molar-refractivity contribution is 5.76. The number of hydrogen-bond donors (Lipinski definition) is 1. The first-order valence-corrected chi connectivity index (χ1v) is 6.47. The third-order valence-corrected chi connectivity index (χ3v) is 3.61. The molecule has 1 aromatic rings. The average molecular weight is 252 g/mol. The number of rotatable bonds is 5. The molecule has 0 saturated carbocycles. The van der Waals surface area contributed by atoms with E-state index in [1.165, 1.54) is 0 Å². The monoisotopic (exact) mass is 252 g/mol. The van der Waals surface area contributed by atoms with Gasteiger partial charge in [-0.05, 0) is 26.7 Å². The molecule has 0 atom stereocenters. The van der Waals surface area contributed by atoms with E-state index in [0.717, 1.165) is 24.2 Å². The first-order chi connectivity index (χ1) is 8.42. The lowest BCUT2D eigenvalue weighted by Gasteiger charge is -2.26. The second kappa shape index (κ2) is 5.89. The highest BCUT2D eigenvalue weighted by Crippen LogP contribution is 2.15. The molecular weight excluding hydrogens is 228 g/mol. The van der Waals surface area contributed by atoms with Crippen LogP contribution >= 0.6 is 0 Å². The van der Waals surface area contributed by atoms with Crippen LogP contribution in [0.25, 0.3) is 0 Å². The first kappa shape index (κ1) is 14.5. The number of nitrogens with zero attached hydrogens (tertiary/aromatic N) is 3. The van der Waals surface area contributed by atoms with Gasteiger partial charge in [0.15, 0.2) is 0 Å². The molecule has 5 heteroatoms. The number of hydrogen-bond acceptors (Lipinski definition) is 3. The van der Waals surface area contributed by atoms with E-state index < -0.39 is 0 Å². The molecule has 0 aliphatic rings. The summed E-state index contributed by atoms with van der Waals surface area (Å²) in [5, 5.41) is 4.29. The Labute approximate surface area is 109 Å². The fourth-order valence-electron chi connectivity index (χ4n) is 2.14. The maximum absolute atomic E-state index is 12.2. The predicted octanol–water partition coefficient (Wildman–Crippen LogP) is 1.73. The van der Waals surface area contributed by atoms with Crippen LogP contribution in [-0.4, -0.2) is 33.7 Å². The largest absolute Gasteiger partial charge is 0.396 e. The van der Waals surface area contributed by atoms with Crippen molar-refractivity contribution in [1.82, 2.24) is 14.7 Å². The lowest BCUT2D eigenvalue weighted by Crippen LogP contribution is -2.38. The van der Waals surface area contributed by atoms with Crippen molar-refractivity contribution >= 4 is 11.6 Å². The highest BCUT2D eigenvalue weighted by Gasteiger charge is 2.18. The van der Waals surface area contributed by atoms with Gasteiger partial charge < -0.3 is 10.6 Å². The molecule has 0 radical (unpaired) electrons. The summed E-state index contributed by atoms with van der Waals surface area (Å²) in [5.41, 5.74) is 8.18. The van der Waals surface area contributed by atoms with Crippen LogP contribution in [0.15, 0.2) is 0 Å². The van der Waals surface area contributed by atoms with Gasteiger partial charge in [-0.3, -0.25) is 9.48 Å². The number of anilines is 1. The Morgan fingerprint density at radius 1 is 1.39 bits per heavy atom. The molecule has 5 nitrogen and oxygen atoms in total. The van der Waals surface area contributed by atoms with Gasteiger partial charge in [0.25, 0.3) is 0 Å². The van der Waals surface area contributed by atoms with E-state index in [0.29, 0.717) is 11.7 Å². The van der Waals surface area contributed by atoms with E-state index in [-0.39, 0.29) is 12.5 Å². The van der Waals surface area contributed by atoms with Gasteiger partial charge in [-0.1, -0.05) is 13.8 Å². The molecule has 1 rings (SSSR count). The third kappa shape index (κ3) is 2.83. The molecule has 1 heterocycles. The minimum absolute atomic E-state index is 0.0781. The molecule has 18 heavy (non-hydrogen) atoms. The van der Waals surface area contributed by atoms with Gasteiger partial charge in [-0.2, -0.15) is 5.10 Å². The van der Waals surface area contributed by atoms with Crippen molar-refractivity contribution in [1.29, 1.82) is 0 Å². The Morgan fingerprint density at radius 3 is 2.33 bits per heavy atom. The van der Waals surface area contributed by atoms with Crippen molar-refractivity contribution in [2.45, 2.75) is 53.1 Å². The van der Waals surface area contributed by atoms with Crippen molar-refractivity contribution in [3.05, 3.63) is 11.4 Å². The smallest absolute Gasteiger partial charge is 0.244 e. The summed E-state index contributed by atoms with van der Waals surface area (Å²) < 4.78 is 1.69. The van der Waals surface area contributed by atoms with Crippen LogP contribution < -0.4 is 5.73 Å². The first-order valence-electron chi connectivity index (χ1n) is 6.47. The zero-order chi connectivity index (χ0) is 13.9. The fraction of sp³-hybridized carbons (Fsp3) is 0.692. The Balaban J connectivity index is 2.78. The maximum Gasteiger partial charge on any atom is 0.244 e. The molecule has 1 aromatic heterocycles. The lowest BCUT2D eigenvalue weighted by molar-refractivity contribution is -0.133. The SMILES string of the molecule is CCC(CC)N(C)C(=O)Cn1nc(C)c(N)c1C. The molecular formula is C13H24N4O. The van der Waals surface area contributed by atoms with Crippen LogP contribution in [0.3, 0.4) is 0 Å². The molecule has 0 spiro atoms.